The number of aromatic amines is 1. The number of anilines is 1. The number of amides is 1. The molecule has 0 bridgehead atoms. The second kappa shape index (κ2) is 6.60. The van der Waals surface area contributed by atoms with Crippen molar-refractivity contribution in [2.24, 2.45) is 0 Å². The summed E-state index contributed by atoms with van der Waals surface area (Å²) in [6, 6.07) is 7.29. The minimum Gasteiger partial charge on any atom is -0.497 e. The van der Waals surface area contributed by atoms with E-state index in [4.69, 9.17) is 9.47 Å². The van der Waals surface area contributed by atoms with Crippen molar-refractivity contribution < 1.29 is 14.3 Å². The second-order valence-electron chi connectivity index (χ2n) is 4.24. The molecule has 0 aliphatic carbocycles. The molecule has 0 unspecified atom stereocenters. The van der Waals surface area contributed by atoms with E-state index in [1.165, 1.54) is 0 Å². The van der Waals surface area contributed by atoms with Crippen LogP contribution in [0.5, 0.6) is 11.5 Å². The topological polar surface area (TPSA) is 76.2 Å². The maximum absolute atomic E-state index is 11.8. The normalized spacial score (nSPS) is 10.1. The Kier molecular flexibility index (Phi) is 4.60. The van der Waals surface area contributed by atoms with Gasteiger partial charge in [-0.3, -0.25) is 9.89 Å². The molecule has 0 radical (unpaired) electrons. The number of H-pyrrole nitrogens is 1. The fourth-order valence-corrected chi connectivity index (χ4v) is 1.81. The molecule has 20 heavy (non-hydrogen) atoms. The summed E-state index contributed by atoms with van der Waals surface area (Å²) < 4.78 is 10.4. The largest absolute Gasteiger partial charge is 0.497 e. The fraction of sp³-hybridized carbons (Fsp3) is 0.286. The van der Waals surface area contributed by atoms with Gasteiger partial charge in [0.1, 0.15) is 17.3 Å². The van der Waals surface area contributed by atoms with Gasteiger partial charge in [0.2, 0.25) is 5.91 Å². The average molecular weight is 275 g/mol. The summed E-state index contributed by atoms with van der Waals surface area (Å²) in [5, 5.41) is 9.18. The lowest BCUT2D eigenvalue weighted by Crippen LogP contribution is -2.12. The summed E-state index contributed by atoms with van der Waals surface area (Å²) in [4.78, 5) is 11.8. The van der Waals surface area contributed by atoms with Gasteiger partial charge in [0, 0.05) is 18.6 Å². The molecule has 0 atom stereocenters. The highest BCUT2D eigenvalue weighted by Gasteiger charge is 2.06. The Balaban J connectivity index is 1.94. The predicted molar refractivity (Wildman–Crippen MR) is 75.1 cm³/mol. The van der Waals surface area contributed by atoms with Crippen LogP contribution in [0.3, 0.4) is 0 Å². The van der Waals surface area contributed by atoms with Gasteiger partial charge in [-0.2, -0.15) is 5.10 Å². The summed E-state index contributed by atoms with van der Waals surface area (Å²) in [6.45, 7) is 0. The van der Waals surface area contributed by atoms with Crippen LogP contribution in [0.4, 0.5) is 5.82 Å². The highest BCUT2D eigenvalue weighted by molar-refractivity contribution is 5.89. The van der Waals surface area contributed by atoms with Gasteiger partial charge in [0.15, 0.2) is 0 Å². The highest BCUT2D eigenvalue weighted by Crippen LogP contribution is 2.23. The first-order valence-electron chi connectivity index (χ1n) is 6.22. The average Bonchev–Trinajstić information content (AvgIpc) is 2.97. The summed E-state index contributed by atoms with van der Waals surface area (Å²) in [5.41, 5.74) is 0.987. The summed E-state index contributed by atoms with van der Waals surface area (Å²) in [7, 11) is 3.20. The van der Waals surface area contributed by atoms with Crippen molar-refractivity contribution in [3.63, 3.8) is 0 Å². The molecule has 1 heterocycles. The quantitative estimate of drug-likeness (QED) is 0.845. The molecule has 2 rings (SSSR count). The molecule has 0 aliphatic rings. The lowest BCUT2D eigenvalue weighted by Gasteiger charge is -2.08. The van der Waals surface area contributed by atoms with Crippen LogP contribution >= 0.6 is 0 Å². The van der Waals surface area contributed by atoms with Crippen LogP contribution in [0, 0.1) is 0 Å². The smallest absolute Gasteiger partial charge is 0.225 e. The number of rotatable bonds is 6. The van der Waals surface area contributed by atoms with E-state index in [2.05, 4.69) is 15.5 Å². The van der Waals surface area contributed by atoms with Crippen molar-refractivity contribution in [1.29, 1.82) is 0 Å². The molecular formula is C14H17N3O3. The van der Waals surface area contributed by atoms with Gasteiger partial charge in [-0.05, 0) is 24.1 Å². The maximum atomic E-state index is 11.8. The number of carbonyl (C=O) groups excluding carboxylic acids is 1. The molecule has 0 fully saturated rings. The van der Waals surface area contributed by atoms with Gasteiger partial charge >= 0.3 is 0 Å². The van der Waals surface area contributed by atoms with Crippen LogP contribution in [-0.2, 0) is 11.2 Å². The van der Waals surface area contributed by atoms with Crippen LogP contribution < -0.4 is 14.8 Å². The molecule has 0 aliphatic heterocycles. The number of methoxy groups -OCH3 is 2. The van der Waals surface area contributed by atoms with Crippen molar-refractivity contribution in [2.45, 2.75) is 12.8 Å². The van der Waals surface area contributed by atoms with Crippen LogP contribution in [-0.4, -0.2) is 30.3 Å². The van der Waals surface area contributed by atoms with Gasteiger partial charge in [0.05, 0.1) is 20.4 Å². The Morgan fingerprint density at radius 1 is 1.25 bits per heavy atom. The first-order valence-corrected chi connectivity index (χ1v) is 6.22. The second-order valence-corrected chi connectivity index (χ2v) is 4.24. The zero-order valence-corrected chi connectivity index (χ0v) is 11.5. The minimum absolute atomic E-state index is 0.0731. The van der Waals surface area contributed by atoms with E-state index in [1.54, 1.807) is 32.5 Å². The molecular weight excluding hydrogens is 258 g/mol. The van der Waals surface area contributed by atoms with Crippen LogP contribution in [0.25, 0.3) is 0 Å². The van der Waals surface area contributed by atoms with Gasteiger partial charge < -0.3 is 14.8 Å². The summed E-state index contributed by atoms with van der Waals surface area (Å²) in [5.74, 6) is 1.95. The zero-order chi connectivity index (χ0) is 14.4. The fourth-order valence-electron chi connectivity index (χ4n) is 1.81. The molecule has 1 aromatic heterocycles. The van der Waals surface area contributed by atoms with Crippen LogP contribution in [0.15, 0.2) is 30.5 Å². The van der Waals surface area contributed by atoms with Gasteiger partial charge in [-0.25, -0.2) is 0 Å². The van der Waals surface area contributed by atoms with E-state index in [1.807, 2.05) is 12.1 Å². The SMILES string of the molecule is COc1cc(CCC(=O)Nc2ccn[nH]2)cc(OC)c1. The lowest BCUT2D eigenvalue weighted by molar-refractivity contribution is -0.116. The molecule has 2 N–H and O–H groups in total. The molecule has 6 heteroatoms. The third-order valence-corrected chi connectivity index (χ3v) is 2.83. The number of aromatic nitrogens is 2. The summed E-state index contributed by atoms with van der Waals surface area (Å²) in [6.07, 6.45) is 2.56. The third kappa shape index (κ3) is 3.74. The number of benzene rings is 1. The van der Waals surface area contributed by atoms with E-state index >= 15 is 0 Å². The predicted octanol–water partition coefficient (Wildman–Crippen LogP) is 2.00. The highest BCUT2D eigenvalue weighted by atomic mass is 16.5. The molecule has 6 nitrogen and oxygen atoms in total. The van der Waals surface area contributed by atoms with E-state index in [0.29, 0.717) is 30.2 Å². The number of carbonyl (C=O) groups is 1. The third-order valence-electron chi connectivity index (χ3n) is 2.83. The molecule has 0 saturated carbocycles. The van der Waals surface area contributed by atoms with Crippen LogP contribution in [0.1, 0.15) is 12.0 Å². The first kappa shape index (κ1) is 13.9. The Hall–Kier alpha value is -2.50. The molecule has 1 aromatic carbocycles. The molecule has 2 aromatic rings. The first-order chi connectivity index (χ1) is 9.71. The number of hydrogen-bond donors (Lipinski definition) is 2. The van der Waals surface area contributed by atoms with E-state index in [9.17, 15) is 4.79 Å². The van der Waals surface area contributed by atoms with Crippen molar-refractivity contribution in [3.8, 4) is 11.5 Å². The van der Waals surface area contributed by atoms with Gasteiger partial charge in [-0.15, -0.1) is 0 Å². The van der Waals surface area contributed by atoms with Gasteiger partial charge in [-0.1, -0.05) is 0 Å². The number of nitrogens with zero attached hydrogens (tertiary/aromatic N) is 1. The Labute approximate surface area is 117 Å². The van der Waals surface area contributed by atoms with E-state index < -0.39 is 0 Å². The maximum Gasteiger partial charge on any atom is 0.225 e. The standard InChI is InChI=1S/C14H17N3O3/c1-19-11-7-10(8-12(9-11)20-2)3-4-14(18)16-13-5-6-15-17-13/h5-9H,3-4H2,1-2H3,(H2,15,16,17,18). The number of nitrogens with one attached hydrogen (secondary N) is 2. The van der Waals surface area contributed by atoms with Crippen molar-refractivity contribution in [3.05, 3.63) is 36.0 Å². The van der Waals surface area contributed by atoms with Crippen LogP contribution in [0.2, 0.25) is 0 Å². The summed E-state index contributed by atoms with van der Waals surface area (Å²) >= 11 is 0. The Bertz CT molecular complexity index is 545. The minimum atomic E-state index is -0.0731. The Morgan fingerprint density at radius 2 is 1.95 bits per heavy atom. The monoisotopic (exact) mass is 275 g/mol. The lowest BCUT2D eigenvalue weighted by atomic mass is 10.1. The van der Waals surface area contributed by atoms with Crippen molar-refractivity contribution >= 4 is 11.7 Å². The number of hydrogen-bond acceptors (Lipinski definition) is 4. The molecule has 0 spiro atoms. The number of aryl methyl sites for hydroxylation is 1. The molecule has 1 amide bonds. The number of ether oxygens (including phenoxy) is 2. The van der Waals surface area contributed by atoms with Crippen molar-refractivity contribution in [2.75, 3.05) is 19.5 Å². The van der Waals surface area contributed by atoms with Gasteiger partial charge in [0.25, 0.3) is 0 Å². The molecule has 0 saturated heterocycles. The Morgan fingerprint density at radius 3 is 2.50 bits per heavy atom. The van der Waals surface area contributed by atoms with E-state index in [-0.39, 0.29) is 5.91 Å². The van der Waals surface area contributed by atoms with Crippen molar-refractivity contribution in [1.82, 2.24) is 10.2 Å². The zero-order valence-electron chi connectivity index (χ0n) is 11.5. The van der Waals surface area contributed by atoms with E-state index in [0.717, 1.165) is 5.56 Å². The molecule has 106 valence electrons.